The molecule has 0 aliphatic carbocycles. The Hall–Kier alpha value is -2.14. The Morgan fingerprint density at radius 1 is 0.920 bits per heavy atom. The van der Waals surface area contributed by atoms with E-state index in [1.807, 2.05) is 17.1 Å². The zero-order chi connectivity index (χ0) is 16.6. The lowest BCUT2D eigenvalue weighted by molar-refractivity contribution is 0.276. The van der Waals surface area contributed by atoms with Gasteiger partial charge in [-0.2, -0.15) is 0 Å². The summed E-state index contributed by atoms with van der Waals surface area (Å²) in [5, 5.41) is 0. The number of halogens is 1. The number of imidazole rings is 1. The monoisotopic (exact) mass is 356 g/mol. The molecule has 0 radical (unpaired) electrons. The molecular formula is C20H25ClN4. The number of hydrogen-bond acceptors (Lipinski definition) is 3. The second kappa shape index (κ2) is 9.99. The molecule has 0 aliphatic rings. The number of hydrogen-bond donors (Lipinski definition) is 1. The van der Waals surface area contributed by atoms with E-state index in [-0.39, 0.29) is 12.4 Å². The minimum atomic E-state index is 0. The minimum absolute atomic E-state index is 0. The van der Waals surface area contributed by atoms with Crippen molar-refractivity contribution in [2.24, 2.45) is 5.73 Å². The Kier molecular flexibility index (Phi) is 7.67. The molecule has 25 heavy (non-hydrogen) atoms. The molecular weight excluding hydrogens is 332 g/mol. The summed E-state index contributed by atoms with van der Waals surface area (Å²) >= 11 is 0. The summed E-state index contributed by atoms with van der Waals surface area (Å²) in [5.74, 6) is 0. The summed E-state index contributed by atoms with van der Waals surface area (Å²) in [5.41, 5.74) is 9.60. The molecule has 0 unspecified atom stereocenters. The van der Waals surface area contributed by atoms with Crippen LogP contribution in [0.15, 0.2) is 73.3 Å². The summed E-state index contributed by atoms with van der Waals surface area (Å²) in [6, 6.07) is 19.2. The topological polar surface area (TPSA) is 47.1 Å². The lowest BCUT2D eigenvalue weighted by atomic mass is 10.1. The Morgan fingerprint density at radius 3 is 2.32 bits per heavy atom. The number of rotatable bonds is 8. The van der Waals surface area contributed by atoms with Gasteiger partial charge in [0.2, 0.25) is 0 Å². The molecule has 0 fully saturated rings. The van der Waals surface area contributed by atoms with E-state index in [1.165, 1.54) is 11.1 Å². The van der Waals surface area contributed by atoms with Gasteiger partial charge >= 0.3 is 0 Å². The molecule has 2 N–H and O–H groups in total. The predicted octanol–water partition coefficient (Wildman–Crippen LogP) is 3.30. The fraction of sp³-hybridized carbons (Fsp3) is 0.250. The maximum atomic E-state index is 5.79. The summed E-state index contributed by atoms with van der Waals surface area (Å²) in [6.07, 6.45) is 6.61. The van der Waals surface area contributed by atoms with Gasteiger partial charge in [0, 0.05) is 44.3 Å². The van der Waals surface area contributed by atoms with E-state index in [0.717, 1.165) is 31.7 Å². The normalized spacial score (nSPS) is 10.6. The first-order valence-corrected chi connectivity index (χ1v) is 8.39. The zero-order valence-corrected chi connectivity index (χ0v) is 15.1. The highest BCUT2D eigenvalue weighted by molar-refractivity contribution is 5.85. The average molecular weight is 357 g/mol. The van der Waals surface area contributed by atoms with Crippen molar-refractivity contribution in [1.29, 1.82) is 0 Å². The van der Waals surface area contributed by atoms with Crippen molar-refractivity contribution in [3.63, 3.8) is 0 Å². The number of aromatic nitrogens is 2. The fourth-order valence-corrected chi connectivity index (χ4v) is 2.83. The molecule has 132 valence electrons. The molecule has 0 amide bonds. The SMILES string of the molecule is Cl.NCCN(CCc1ccccc1)Cc1ccc(-n2ccnc2)cc1. The Bertz CT molecular complexity index is 711. The van der Waals surface area contributed by atoms with Gasteiger partial charge < -0.3 is 10.3 Å². The van der Waals surface area contributed by atoms with Crippen LogP contribution in [0.2, 0.25) is 0 Å². The third-order valence-corrected chi connectivity index (χ3v) is 4.15. The van der Waals surface area contributed by atoms with E-state index >= 15 is 0 Å². The van der Waals surface area contributed by atoms with Gasteiger partial charge in [-0.3, -0.25) is 4.90 Å². The van der Waals surface area contributed by atoms with Crippen LogP contribution >= 0.6 is 12.4 Å². The molecule has 0 spiro atoms. The highest BCUT2D eigenvalue weighted by Crippen LogP contribution is 2.12. The van der Waals surface area contributed by atoms with Crippen molar-refractivity contribution in [1.82, 2.24) is 14.5 Å². The van der Waals surface area contributed by atoms with Gasteiger partial charge in [0.05, 0.1) is 6.33 Å². The quantitative estimate of drug-likeness (QED) is 0.673. The Labute approximate surface area is 155 Å². The molecule has 0 atom stereocenters. The number of nitrogens with two attached hydrogens (primary N) is 1. The Morgan fingerprint density at radius 2 is 1.68 bits per heavy atom. The predicted molar refractivity (Wildman–Crippen MR) is 105 cm³/mol. The van der Waals surface area contributed by atoms with Gasteiger partial charge in [-0.05, 0) is 29.7 Å². The van der Waals surface area contributed by atoms with Crippen LogP contribution in [-0.2, 0) is 13.0 Å². The van der Waals surface area contributed by atoms with Crippen LogP contribution in [0.3, 0.4) is 0 Å². The summed E-state index contributed by atoms with van der Waals surface area (Å²) in [7, 11) is 0. The molecule has 3 rings (SSSR count). The molecule has 4 nitrogen and oxygen atoms in total. The lowest BCUT2D eigenvalue weighted by Gasteiger charge is -2.22. The number of nitrogens with zero attached hydrogens (tertiary/aromatic N) is 3. The van der Waals surface area contributed by atoms with Crippen LogP contribution in [0.5, 0.6) is 0 Å². The van der Waals surface area contributed by atoms with Crippen molar-refractivity contribution >= 4 is 12.4 Å². The molecule has 2 aromatic carbocycles. The van der Waals surface area contributed by atoms with Crippen LogP contribution in [-0.4, -0.2) is 34.1 Å². The number of benzene rings is 2. The van der Waals surface area contributed by atoms with Crippen molar-refractivity contribution in [2.75, 3.05) is 19.6 Å². The van der Waals surface area contributed by atoms with Gasteiger partial charge in [0.1, 0.15) is 0 Å². The minimum Gasteiger partial charge on any atom is -0.329 e. The van der Waals surface area contributed by atoms with E-state index in [9.17, 15) is 0 Å². The zero-order valence-electron chi connectivity index (χ0n) is 14.3. The van der Waals surface area contributed by atoms with Gasteiger partial charge in [-0.15, -0.1) is 12.4 Å². The third-order valence-electron chi connectivity index (χ3n) is 4.15. The second-order valence-corrected chi connectivity index (χ2v) is 5.94. The first kappa shape index (κ1) is 19.2. The van der Waals surface area contributed by atoms with Crippen molar-refractivity contribution in [3.8, 4) is 5.69 Å². The van der Waals surface area contributed by atoms with Gasteiger partial charge in [0.15, 0.2) is 0 Å². The Balaban J connectivity index is 0.00000225. The van der Waals surface area contributed by atoms with E-state index in [2.05, 4.69) is 64.5 Å². The molecule has 0 saturated heterocycles. The van der Waals surface area contributed by atoms with Gasteiger partial charge in [-0.25, -0.2) is 4.98 Å². The summed E-state index contributed by atoms with van der Waals surface area (Å²) in [6.45, 7) is 3.54. The van der Waals surface area contributed by atoms with Crippen molar-refractivity contribution in [2.45, 2.75) is 13.0 Å². The molecule has 1 aromatic heterocycles. The second-order valence-electron chi connectivity index (χ2n) is 5.94. The average Bonchev–Trinajstić information content (AvgIpc) is 3.16. The van der Waals surface area contributed by atoms with Crippen LogP contribution in [0.1, 0.15) is 11.1 Å². The highest BCUT2D eigenvalue weighted by atomic mass is 35.5. The summed E-state index contributed by atoms with van der Waals surface area (Å²) in [4.78, 5) is 6.50. The molecule has 3 aromatic rings. The first-order valence-electron chi connectivity index (χ1n) is 8.39. The third kappa shape index (κ3) is 5.71. The van der Waals surface area contributed by atoms with E-state index in [0.29, 0.717) is 6.54 Å². The molecule has 1 heterocycles. The van der Waals surface area contributed by atoms with Gasteiger partial charge in [-0.1, -0.05) is 42.5 Å². The summed E-state index contributed by atoms with van der Waals surface area (Å²) < 4.78 is 2.01. The molecule has 0 aliphatic heterocycles. The van der Waals surface area contributed by atoms with Crippen LogP contribution in [0.25, 0.3) is 5.69 Å². The fourth-order valence-electron chi connectivity index (χ4n) is 2.83. The van der Waals surface area contributed by atoms with Crippen molar-refractivity contribution < 1.29 is 0 Å². The van der Waals surface area contributed by atoms with E-state index < -0.39 is 0 Å². The van der Waals surface area contributed by atoms with Gasteiger partial charge in [0.25, 0.3) is 0 Å². The molecule has 0 bridgehead atoms. The maximum absolute atomic E-state index is 5.79. The van der Waals surface area contributed by atoms with E-state index in [1.54, 1.807) is 6.20 Å². The molecule has 0 saturated carbocycles. The first-order chi connectivity index (χ1) is 11.8. The molecule has 5 heteroatoms. The van der Waals surface area contributed by atoms with E-state index in [4.69, 9.17) is 5.73 Å². The van der Waals surface area contributed by atoms with Crippen LogP contribution in [0.4, 0.5) is 0 Å². The van der Waals surface area contributed by atoms with Crippen LogP contribution in [0, 0.1) is 0 Å². The standard InChI is InChI=1S/C20H24N4.ClH/c21-11-14-23(13-10-18-4-2-1-3-5-18)16-19-6-8-20(9-7-19)24-15-12-22-17-24;/h1-9,12,15,17H,10-11,13-14,16,21H2;1H. The maximum Gasteiger partial charge on any atom is 0.0991 e. The largest absolute Gasteiger partial charge is 0.329 e. The highest BCUT2D eigenvalue weighted by Gasteiger charge is 2.06. The smallest absolute Gasteiger partial charge is 0.0991 e. The lowest BCUT2D eigenvalue weighted by Crippen LogP contribution is -2.31. The van der Waals surface area contributed by atoms with Crippen LogP contribution < -0.4 is 5.73 Å². The van der Waals surface area contributed by atoms with Crippen molar-refractivity contribution in [3.05, 3.63) is 84.4 Å².